The molecule has 11 rings (SSSR count). The van der Waals surface area contributed by atoms with Crippen molar-refractivity contribution in [2.45, 2.75) is 52.4 Å². The van der Waals surface area contributed by atoms with Gasteiger partial charge in [0.15, 0.2) is 0 Å². The first-order valence-electron chi connectivity index (χ1n) is 25.7. The number of fused-ring (bicyclic) bond motifs is 2. The summed E-state index contributed by atoms with van der Waals surface area (Å²) in [5, 5.41) is 4.81. The summed E-state index contributed by atoms with van der Waals surface area (Å²) in [4.78, 5) is 4.87. The van der Waals surface area contributed by atoms with E-state index in [-0.39, 0.29) is 0 Å². The van der Waals surface area contributed by atoms with Gasteiger partial charge in [0.05, 0.1) is 0 Å². The summed E-state index contributed by atoms with van der Waals surface area (Å²) in [6.07, 6.45) is 2.19. The molecule has 0 saturated carbocycles. The minimum Gasteiger partial charge on any atom is -0.310 e. The number of hydrogen-bond donors (Lipinski definition) is 0. The third-order valence-electron chi connectivity index (χ3n) is 14.8. The third-order valence-corrected chi connectivity index (χ3v) is 14.8. The first kappa shape index (κ1) is 46.0. The lowest BCUT2D eigenvalue weighted by Crippen LogP contribution is -2.11. The van der Waals surface area contributed by atoms with E-state index in [1.807, 2.05) is 0 Å². The van der Waals surface area contributed by atoms with E-state index in [1.54, 1.807) is 0 Å². The average molecular weight is 929 g/mol. The molecule has 0 aromatic heterocycles. The molecule has 72 heavy (non-hydrogen) atoms. The third kappa shape index (κ3) is 9.09. The number of nitrogens with zero attached hydrogens (tertiary/aromatic N) is 2. The Balaban J connectivity index is 1.17. The number of hydrogen-bond acceptors (Lipinski definition) is 2. The van der Waals surface area contributed by atoms with Crippen LogP contribution in [0.4, 0.5) is 34.1 Å². The average Bonchev–Trinajstić information content (AvgIpc) is 3.45. The van der Waals surface area contributed by atoms with E-state index < -0.39 is 0 Å². The van der Waals surface area contributed by atoms with Crippen LogP contribution < -0.4 is 9.80 Å². The second kappa shape index (κ2) is 20.5. The Bertz CT molecular complexity index is 3360. The van der Waals surface area contributed by atoms with Crippen LogP contribution in [0.5, 0.6) is 0 Å². The van der Waals surface area contributed by atoms with Crippen LogP contribution in [0.25, 0.3) is 66.1 Å². The Morgan fingerprint density at radius 2 is 0.569 bits per heavy atom. The van der Waals surface area contributed by atoms with Crippen molar-refractivity contribution >= 4 is 55.7 Å². The molecular weight excluding hydrogens is 869 g/mol. The molecule has 0 N–H and O–H groups in total. The zero-order chi connectivity index (χ0) is 49.0. The Hall–Kier alpha value is -8.46. The van der Waals surface area contributed by atoms with Crippen LogP contribution in [0.15, 0.2) is 255 Å². The molecule has 2 unspecified atom stereocenters. The number of benzene rings is 11. The van der Waals surface area contributed by atoms with Crippen LogP contribution in [0.3, 0.4) is 0 Å². The monoisotopic (exact) mass is 928 g/mol. The van der Waals surface area contributed by atoms with Gasteiger partial charge in [-0.3, -0.25) is 0 Å². The van der Waals surface area contributed by atoms with Gasteiger partial charge in [-0.2, -0.15) is 0 Å². The fraction of sp³-hybridized carbons (Fsp3) is 0.114. The second-order valence-electron chi connectivity index (χ2n) is 19.2. The molecule has 0 aliphatic rings. The summed E-state index contributed by atoms with van der Waals surface area (Å²) in [6, 6.07) is 94.1. The lowest BCUT2D eigenvalue weighted by atomic mass is 9.85. The fourth-order valence-electron chi connectivity index (χ4n) is 10.5. The maximum atomic E-state index is 2.44. The SMILES string of the molecule is CCC(C)c1ccc(N(c2cccc(-c3ccccc3)c2)c2ccc3c(-c4ccccc4)c4cc(N(c5ccc(C(C)CC)cc5)c5cccc(-c6ccccc6)c5)ccc4c(-c4ccccc4)c3c2)cc1. The standard InChI is InChI=1S/C70H60N2/c1-5-49(3)51-33-37-59(38-34-51)71(61-31-19-29-57(45-61)53-21-11-7-12-22-53)63-41-43-65-67(47-63)69(55-25-15-9-16-26-55)66-44-42-64(48-68(66)70(65)56-27-17-10-18-28-56)72(60-39-35-52(36-40-60)50(4)6-2)62-32-20-30-58(46-62)54-23-13-8-14-24-54/h7-50H,5-6H2,1-4H3. The predicted molar refractivity (Wildman–Crippen MR) is 310 cm³/mol. The predicted octanol–water partition coefficient (Wildman–Crippen LogP) is 20.6. The number of rotatable bonds is 14. The molecule has 0 saturated heterocycles. The molecule has 11 aromatic carbocycles. The summed E-state index contributed by atoms with van der Waals surface area (Å²) >= 11 is 0. The highest BCUT2D eigenvalue weighted by Gasteiger charge is 2.23. The Morgan fingerprint density at radius 1 is 0.264 bits per heavy atom. The molecule has 0 amide bonds. The molecule has 0 aliphatic heterocycles. The first-order valence-corrected chi connectivity index (χ1v) is 25.7. The maximum Gasteiger partial charge on any atom is 0.0468 e. The molecule has 2 nitrogen and oxygen atoms in total. The second-order valence-corrected chi connectivity index (χ2v) is 19.2. The van der Waals surface area contributed by atoms with Crippen molar-refractivity contribution in [3.05, 3.63) is 266 Å². The Kier molecular flexibility index (Phi) is 13.1. The van der Waals surface area contributed by atoms with Gasteiger partial charge in [-0.1, -0.05) is 210 Å². The van der Waals surface area contributed by atoms with Gasteiger partial charge in [-0.05, 0) is 175 Å². The van der Waals surface area contributed by atoms with Gasteiger partial charge in [0.1, 0.15) is 0 Å². The van der Waals surface area contributed by atoms with E-state index in [4.69, 9.17) is 0 Å². The quantitative estimate of drug-likeness (QED) is 0.100. The van der Waals surface area contributed by atoms with E-state index in [0.717, 1.165) is 47.0 Å². The summed E-state index contributed by atoms with van der Waals surface area (Å²) in [5.41, 5.74) is 18.9. The smallest absolute Gasteiger partial charge is 0.0468 e. The van der Waals surface area contributed by atoms with E-state index >= 15 is 0 Å². The van der Waals surface area contributed by atoms with E-state index in [1.165, 1.54) is 77.2 Å². The van der Waals surface area contributed by atoms with Crippen molar-refractivity contribution in [2.24, 2.45) is 0 Å². The van der Waals surface area contributed by atoms with Crippen molar-refractivity contribution in [2.75, 3.05) is 9.80 Å². The van der Waals surface area contributed by atoms with E-state index in [2.05, 4.69) is 292 Å². The largest absolute Gasteiger partial charge is 0.310 e. The summed E-state index contributed by atoms with van der Waals surface area (Å²) < 4.78 is 0. The van der Waals surface area contributed by atoms with Crippen molar-refractivity contribution < 1.29 is 0 Å². The highest BCUT2D eigenvalue weighted by Crippen LogP contribution is 2.49. The molecule has 0 radical (unpaired) electrons. The van der Waals surface area contributed by atoms with Gasteiger partial charge in [-0.15, -0.1) is 0 Å². The Labute approximate surface area is 426 Å². The van der Waals surface area contributed by atoms with Gasteiger partial charge < -0.3 is 9.80 Å². The van der Waals surface area contributed by atoms with Gasteiger partial charge in [0.2, 0.25) is 0 Å². The number of anilines is 6. The first-order chi connectivity index (χ1) is 35.4. The minimum absolute atomic E-state index is 0.481. The van der Waals surface area contributed by atoms with E-state index in [0.29, 0.717) is 11.8 Å². The molecule has 350 valence electrons. The zero-order valence-electron chi connectivity index (χ0n) is 41.7. The highest BCUT2D eigenvalue weighted by atomic mass is 15.1. The van der Waals surface area contributed by atoms with Gasteiger partial charge in [0.25, 0.3) is 0 Å². The summed E-state index contributed by atoms with van der Waals surface area (Å²) in [6.45, 7) is 9.16. The topological polar surface area (TPSA) is 6.48 Å². The van der Waals surface area contributed by atoms with Crippen LogP contribution in [-0.4, -0.2) is 0 Å². The van der Waals surface area contributed by atoms with Crippen LogP contribution in [0.1, 0.15) is 63.5 Å². The Morgan fingerprint density at radius 3 is 0.917 bits per heavy atom. The van der Waals surface area contributed by atoms with E-state index in [9.17, 15) is 0 Å². The lowest BCUT2D eigenvalue weighted by molar-refractivity contribution is 0.733. The van der Waals surface area contributed by atoms with Crippen LogP contribution in [0, 0.1) is 0 Å². The molecule has 0 aliphatic carbocycles. The zero-order valence-corrected chi connectivity index (χ0v) is 41.7. The molecule has 0 spiro atoms. The van der Waals surface area contributed by atoms with Crippen molar-refractivity contribution in [1.82, 2.24) is 0 Å². The van der Waals surface area contributed by atoms with Crippen LogP contribution >= 0.6 is 0 Å². The lowest BCUT2D eigenvalue weighted by Gasteiger charge is -2.29. The van der Waals surface area contributed by atoms with Gasteiger partial charge in [0, 0.05) is 34.1 Å². The van der Waals surface area contributed by atoms with Gasteiger partial charge >= 0.3 is 0 Å². The molecule has 0 fully saturated rings. The summed E-state index contributed by atoms with van der Waals surface area (Å²) in [5.74, 6) is 0.963. The van der Waals surface area contributed by atoms with Crippen molar-refractivity contribution in [3.8, 4) is 44.5 Å². The van der Waals surface area contributed by atoms with Crippen molar-refractivity contribution in [1.29, 1.82) is 0 Å². The molecule has 0 bridgehead atoms. The fourth-order valence-corrected chi connectivity index (χ4v) is 10.5. The van der Waals surface area contributed by atoms with Crippen LogP contribution in [0.2, 0.25) is 0 Å². The normalized spacial score (nSPS) is 12.2. The molecular formula is C70H60N2. The summed E-state index contributed by atoms with van der Waals surface area (Å²) in [7, 11) is 0. The highest BCUT2D eigenvalue weighted by molar-refractivity contribution is 6.22. The van der Waals surface area contributed by atoms with Gasteiger partial charge in [-0.25, -0.2) is 0 Å². The van der Waals surface area contributed by atoms with Crippen LogP contribution in [-0.2, 0) is 0 Å². The molecule has 2 atom stereocenters. The molecule has 0 heterocycles. The minimum atomic E-state index is 0.481. The van der Waals surface area contributed by atoms with Crippen molar-refractivity contribution in [3.63, 3.8) is 0 Å². The molecule has 11 aromatic rings. The molecule has 2 heteroatoms. The maximum absolute atomic E-state index is 2.44.